The van der Waals surface area contributed by atoms with Crippen molar-refractivity contribution < 1.29 is 18.7 Å². The van der Waals surface area contributed by atoms with E-state index in [2.05, 4.69) is 21.4 Å². The molecular weight excluding hydrogens is 420 g/mol. The SMILES string of the molecule is CC(=O)c1ccc(NC(=O)OC[C@H]2C[C@H]3CCN2C[C@@H]3c2cc(-c3ccco3)nn2C)cc1. The number of hydrogen-bond donors (Lipinski definition) is 1. The molecule has 1 amide bonds. The first-order chi connectivity index (χ1) is 16.0. The summed E-state index contributed by atoms with van der Waals surface area (Å²) in [5, 5.41) is 7.39. The number of anilines is 1. The summed E-state index contributed by atoms with van der Waals surface area (Å²) >= 11 is 0. The zero-order chi connectivity index (χ0) is 22.9. The van der Waals surface area contributed by atoms with E-state index in [1.165, 1.54) is 12.6 Å². The summed E-state index contributed by atoms with van der Waals surface area (Å²) in [6.45, 7) is 3.83. The number of hydrogen-bond acceptors (Lipinski definition) is 6. The highest BCUT2D eigenvalue weighted by Gasteiger charge is 2.42. The summed E-state index contributed by atoms with van der Waals surface area (Å²) in [5.41, 5.74) is 3.31. The lowest BCUT2D eigenvalue weighted by molar-refractivity contribution is -0.00222. The molecule has 33 heavy (non-hydrogen) atoms. The standard InChI is InChI=1S/C25H28N4O4/c1-16(30)17-5-7-19(8-6-17)26-25(31)33-15-20-12-18-9-10-29(20)14-21(18)23-13-22(27-28(23)2)24-4-3-11-32-24/h3-8,11,13,18,20-21H,9-10,12,14-15H2,1-2H3,(H,26,31)/t18-,20-,21+/m1/s1. The van der Waals surface area contributed by atoms with Crippen LogP contribution < -0.4 is 5.32 Å². The minimum Gasteiger partial charge on any atom is -0.463 e. The minimum atomic E-state index is -0.473. The van der Waals surface area contributed by atoms with Crippen molar-refractivity contribution in [1.29, 1.82) is 0 Å². The molecule has 0 saturated carbocycles. The Morgan fingerprint density at radius 1 is 1.24 bits per heavy atom. The van der Waals surface area contributed by atoms with Crippen molar-refractivity contribution >= 4 is 17.6 Å². The molecule has 3 saturated heterocycles. The van der Waals surface area contributed by atoms with Gasteiger partial charge in [0.25, 0.3) is 0 Å². The molecule has 3 aliphatic heterocycles. The summed E-state index contributed by atoms with van der Waals surface area (Å²) in [5.74, 6) is 1.72. The van der Waals surface area contributed by atoms with Gasteiger partial charge >= 0.3 is 6.09 Å². The van der Waals surface area contributed by atoms with Crippen LogP contribution in [0.2, 0.25) is 0 Å². The Kier molecular flexibility index (Phi) is 5.76. The van der Waals surface area contributed by atoms with Crippen LogP contribution in [0.4, 0.5) is 10.5 Å². The highest BCUT2D eigenvalue weighted by Crippen LogP contribution is 2.42. The van der Waals surface area contributed by atoms with Crippen molar-refractivity contribution in [3.05, 3.63) is 60.0 Å². The first-order valence-corrected chi connectivity index (χ1v) is 11.3. The Morgan fingerprint density at radius 3 is 2.73 bits per heavy atom. The summed E-state index contributed by atoms with van der Waals surface area (Å²) in [6.07, 6.45) is 3.32. The van der Waals surface area contributed by atoms with Crippen molar-refractivity contribution in [2.24, 2.45) is 13.0 Å². The number of Topliss-reactive ketones (excluding diaryl/α,β-unsaturated/α-hetero) is 1. The predicted molar refractivity (Wildman–Crippen MR) is 123 cm³/mol. The number of amides is 1. The van der Waals surface area contributed by atoms with Crippen LogP contribution in [0.15, 0.2) is 53.1 Å². The molecule has 172 valence electrons. The summed E-state index contributed by atoms with van der Waals surface area (Å²) in [7, 11) is 1.99. The molecule has 0 spiro atoms. The molecule has 3 aliphatic rings. The van der Waals surface area contributed by atoms with Gasteiger partial charge in [-0.25, -0.2) is 4.79 Å². The fourth-order valence-corrected chi connectivity index (χ4v) is 5.13. The number of benzene rings is 1. The molecule has 2 aromatic heterocycles. The molecule has 0 aliphatic carbocycles. The second kappa shape index (κ2) is 8.86. The lowest BCUT2D eigenvalue weighted by Crippen LogP contribution is -2.54. The Labute approximate surface area is 192 Å². The Morgan fingerprint density at radius 2 is 2.06 bits per heavy atom. The van der Waals surface area contributed by atoms with Gasteiger partial charge in [0.2, 0.25) is 0 Å². The Hall–Kier alpha value is -3.39. The van der Waals surface area contributed by atoms with Gasteiger partial charge in [0.05, 0.1) is 6.26 Å². The topological polar surface area (TPSA) is 89.6 Å². The van der Waals surface area contributed by atoms with Crippen LogP contribution in [0.25, 0.3) is 11.5 Å². The minimum absolute atomic E-state index is 0.00727. The highest BCUT2D eigenvalue weighted by molar-refractivity contribution is 5.94. The van der Waals surface area contributed by atoms with Crippen LogP contribution in [-0.2, 0) is 11.8 Å². The van der Waals surface area contributed by atoms with E-state index in [-0.39, 0.29) is 11.8 Å². The van der Waals surface area contributed by atoms with Crippen molar-refractivity contribution in [3.63, 3.8) is 0 Å². The van der Waals surface area contributed by atoms with E-state index in [1.807, 2.05) is 23.9 Å². The molecule has 1 aromatic carbocycles. The van der Waals surface area contributed by atoms with Crippen molar-refractivity contribution in [2.45, 2.75) is 31.7 Å². The van der Waals surface area contributed by atoms with Gasteiger partial charge in [0.15, 0.2) is 11.5 Å². The van der Waals surface area contributed by atoms with E-state index in [1.54, 1.807) is 30.5 Å². The van der Waals surface area contributed by atoms with Crippen molar-refractivity contribution in [2.75, 3.05) is 25.0 Å². The number of ether oxygens (including phenoxy) is 1. The van der Waals surface area contributed by atoms with Gasteiger partial charge in [-0.15, -0.1) is 0 Å². The first kappa shape index (κ1) is 21.5. The summed E-state index contributed by atoms with van der Waals surface area (Å²) in [4.78, 5) is 26.1. The first-order valence-electron chi connectivity index (χ1n) is 11.3. The van der Waals surface area contributed by atoms with Gasteiger partial charge in [0.1, 0.15) is 12.3 Å². The number of nitrogens with zero attached hydrogens (tertiary/aromatic N) is 3. The molecule has 5 heterocycles. The van der Waals surface area contributed by atoms with Crippen LogP contribution in [0.1, 0.15) is 41.7 Å². The van der Waals surface area contributed by atoms with Gasteiger partial charge < -0.3 is 9.15 Å². The molecule has 1 N–H and O–H groups in total. The number of rotatable bonds is 6. The highest BCUT2D eigenvalue weighted by atomic mass is 16.5. The third kappa shape index (κ3) is 4.43. The smallest absolute Gasteiger partial charge is 0.411 e. The number of aromatic nitrogens is 2. The maximum atomic E-state index is 12.3. The van der Waals surface area contributed by atoms with E-state index in [0.29, 0.717) is 29.7 Å². The van der Waals surface area contributed by atoms with E-state index in [4.69, 9.17) is 9.15 Å². The third-order valence-electron chi connectivity index (χ3n) is 6.89. The average molecular weight is 449 g/mol. The fourth-order valence-electron chi connectivity index (χ4n) is 5.13. The number of fused-ring (bicyclic) bond motifs is 3. The molecule has 6 rings (SSSR count). The van der Waals surface area contributed by atoms with Gasteiger partial charge in [-0.1, -0.05) is 0 Å². The van der Waals surface area contributed by atoms with Crippen LogP contribution in [-0.4, -0.2) is 52.3 Å². The zero-order valence-electron chi connectivity index (χ0n) is 18.9. The van der Waals surface area contributed by atoms with Gasteiger partial charge in [-0.2, -0.15) is 5.10 Å². The maximum absolute atomic E-state index is 12.3. The second-order valence-electron chi connectivity index (χ2n) is 8.95. The number of furan rings is 1. The Balaban J connectivity index is 1.17. The Bertz CT molecular complexity index is 1140. The summed E-state index contributed by atoms with van der Waals surface area (Å²) < 4.78 is 13.0. The second-order valence-corrected chi connectivity index (χ2v) is 8.95. The van der Waals surface area contributed by atoms with Crippen molar-refractivity contribution in [1.82, 2.24) is 14.7 Å². The zero-order valence-corrected chi connectivity index (χ0v) is 18.9. The predicted octanol–water partition coefficient (Wildman–Crippen LogP) is 4.31. The fraction of sp³-hybridized carbons (Fsp3) is 0.400. The maximum Gasteiger partial charge on any atom is 0.411 e. The molecule has 0 radical (unpaired) electrons. The average Bonchev–Trinajstić information content (AvgIpc) is 3.48. The third-order valence-corrected chi connectivity index (χ3v) is 6.89. The lowest BCUT2D eigenvalue weighted by Gasteiger charge is -2.49. The number of piperidine rings is 3. The number of carbonyl (C=O) groups is 2. The number of carbonyl (C=O) groups excluding carboxylic acids is 2. The number of aryl methyl sites for hydroxylation is 1. The monoisotopic (exact) mass is 448 g/mol. The quantitative estimate of drug-likeness (QED) is 0.565. The summed E-state index contributed by atoms with van der Waals surface area (Å²) in [6, 6.07) is 13.0. The van der Waals surface area contributed by atoms with Crippen LogP contribution in [0.3, 0.4) is 0 Å². The largest absolute Gasteiger partial charge is 0.463 e. The van der Waals surface area contributed by atoms with E-state index in [0.717, 1.165) is 37.4 Å². The van der Waals surface area contributed by atoms with E-state index < -0.39 is 6.09 Å². The molecule has 2 bridgehead atoms. The lowest BCUT2D eigenvalue weighted by atomic mass is 9.74. The van der Waals surface area contributed by atoms with Crippen LogP contribution in [0.5, 0.6) is 0 Å². The molecule has 8 heteroatoms. The normalized spacial score (nSPS) is 23.9. The van der Waals surface area contributed by atoms with Crippen LogP contribution >= 0.6 is 0 Å². The van der Waals surface area contributed by atoms with Gasteiger partial charge in [-0.3, -0.25) is 19.7 Å². The molecular formula is C25H28N4O4. The number of nitrogens with one attached hydrogen (secondary N) is 1. The van der Waals surface area contributed by atoms with E-state index >= 15 is 0 Å². The van der Waals surface area contributed by atoms with Crippen LogP contribution in [0, 0.1) is 5.92 Å². The van der Waals surface area contributed by atoms with Gasteiger partial charge in [0, 0.05) is 42.5 Å². The number of ketones is 1. The van der Waals surface area contributed by atoms with E-state index in [9.17, 15) is 9.59 Å². The molecule has 1 unspecified atom stereocenters. The van der Waals surface area contributed by atoms with Crippen molar-refractivity contribution in [3.8, 4) is 11.5 Å². The molecule has 3 fully saturated rings. The molecule has 4 atom stereocenters. The molecule has 8 nitrogen and oxygen atoms in total. The molecule has 3 aromatic rings. The van der Waals surface area contributed by atoms with Gasteiger partial charge in [-0.05, 0) is 74.7 Å².